The average Bonchev–Trinajstić information content (AvgIpc) is 1.86. The maximum Gasteiger partial charge on any atom is 0.324 e. The molecule has 0 saturated heterocycles. The number of hydrogen-bond acceptors (Lipinski definition) is 5. The van der Waals surface area contributed by atoms with E-state index in [-0.39, 0.29) is 12.4 Å². The molecule has 0 bridgehead atoms. The van der Waals surface area contributed by atoms with Crippen molar-refractivity contribution in [3.8, 4) is 0 Å². The molecule has 0 aliphatic carbocycles. The number of aliphatic carboxylic acids is 1. The molecule has 7 N–H and O–H groups in total. The molecule has 0 spiro atoms. The fourth-order valence-corrected chi connectivity index (χ4v) is 0.439. The molecule has 0 rings (SSSR count). The quantitative estimate of drug-likeness (QED) is 0.136. The van der Waals surface area contributed by atoms with Crippen LogP contribution in [0.2, 0.25) is 0 Å². The molecule has 0 radical (unpaired) electrons. The van der Waals surface area contributed by atoms with E-state index in [0.29, 0.717) is 0 Å². The summed E-state index contributed by atoms with van der Waals surface area (Å²) in [5.74, 6) is 8.85. The molecule has 64 valence electrons. The van der Waals surface area contributed by atoms with Crippen molar-refractivity contribution in [1.82, 2.24) is 10.4 Å². The van der Waals surface area contributed by atoms with E-state index in [2.05, 4.69) is 5.43 Å². The van der Waals surface area contributed by atoms with E-state index in [1.54, 1.807) is 0 Å². The Hall–Kier alpha value is -1.18. The predicted molar refractivity (Wildman–Crippen MR) is 38.4 cm³/mol. The summed E-state index contributed by atoms with van der Waals surface area (Å²) in [4.78, 5) is 10.0. The number of nitrogens with two attached hydrogens (primary N) is 2. The SMILES string of the molecule is N=C(CNN)N(N)CC(=O)O. The highest BCUT2D eigenvalue weighted by molar-refractivity contribution is 5.84. The van der Waals surface area contributed by atoms with Gasteiger partial charge in [-0.25, -0.2) is 5.84 Å². The molecule has 0 unspecified atom stereocenters. The lowest BCUT2D eigenvalue weighted by Gasteiger charge is -2.15. The van der Waals surface area contributed by atoms with E-state index in [9.17, 15) is 4.79 Å². The average molecular weight is 161 g/mol. The molecule has 7 heteroatoms. The molecule has 0 aliphatic heterocycles. The summed E-state index contributed by atoms with van der Waals surface area (Å²) in [6.07, 6.45) is 0. The Bertz CT molecular complexity index is 159. The van der Waals surface area contributed by atoms with Gasteiger partial charge in [-0.3, -0.25) is 26.5 Å². The summed E-state index contributed by atoms with van der Waals surface area (Å²) < 4.78 is 0. The summed E-state index contributed by atoms with van der Waals surface area (Å²) in [5.41, 5.74) is 2.18. The first-order valence-corrected chi connectivity index (χ1v) is 2.83. The highest BCUT2D eigenvalue weighted by atomic mass is 16.4. The van der Waals surface area contributed by atoms with Crippen LogP contribution in [0.1, 0.15) is 0 Å². The lowest BCUT2D eigenvalue weighted by Crippen LogP contribution is -2.46. The Kier molecular flexibility index (Phi) is 4.11. The molecular weight excluding hydrogens is 150 g/mol. The van der Waals surface area contributed by atoms with Crippen molar-refractivity contribution in [3.05, 3.63) is 0 Å². The fourth-order valence-electron chi connectivity index (χ4n) is 0.439. The first kappa shape index (κ1) is 9.82. The Morgan fingerprint density at radius 1 is 1.73 bits per heavy atom. The van der Waals surface area contributed by atoms with E-state index in [4.69, 9.17) is 22.2 Å². The van der Waals surface area contributed by atoms with Crippen LogP contribution in [0.4, 0.5) is 0 Å². The molecule has 0 aromatic carbocycles. The number of amidine groups is 1. The minimum atomic E-state index is -1.09. The van der Waals surface area contributed by atoms with Crippen LogP contribution < -0.4 is 17.1 Å². The first-order chi connectivity index (χ1) is 5.07. The number of nitrogens with one attached hydrogen (secondary N) is 2. The second-order valence-electron chi connectivity index (χ2n) is 1.85. The zero-order chi connectivity index (χ0) is 8.85. The number of hydrogen-bond donors (Lipinski definition) is 5. The normalized spacial score (nSPS) is 9.27. The number of rotatable bonds is 4. The summed E-state index contributed by atoms with van der Waals surface area (Å²) in [6, 6.07) is 0. The van der Waals surface area contributed by atoms with Crippen molar-refractivity contribution in [2.24, 2.45) is 11.7 Å². The number of hydrazine groups is 2. The van der Waals surface area contributed by atoms with E-state index in [1.165, 1.54) is 0 Å². The second kappa shape index (κ2) is 4.61. The maximum atomic E-state index is 10.0. The van der Waals surface area contributed by atoms with E-state index < -0.39 is 12.5 Å². The van der Waals surface area contributed by atoms with Crippen molar-refractivity contribution >= 4 is 11.8 Å². The van der Waals surface area contributed by atoms with Gasteiger partial charge in [-0.05, 0) is 0 Å². The van der Waals surface area contributed by atoms with Crippen LogP contribution in [0.25, 0.3) is 0 Å². The number of carboxylic acid groups (broad SMARTS) is 1. The van der Waals surface area contributed by atoms with Gasteiger partial charge in [0.25, 0.3) is 0 Å². The van der Waals surface area contributed by atoms with Gasteiger partial charge in [0.1, 0.15) is 12.4 Å². The Labute approximate surface area is 63.4 Å². The molecule has 11 heavy (non-hydrogen) atoms. The molecule has 0 aliphatic rings. The van der Waals surface area contributed by atoms with E-state index in [0.717, 1.165) is 5.01 Å². The lowest BCUT2D eigenvalue weighted by molar-refractivity contribution is -0.137. The van der Waals surface area contributed by atoms with Gasteiger partial charge >= 0.3 is 5.97 Å². The van der Waals surface area contributed by atoms with Gasteiger partial charge < -0.3 is 5.11 Å². The summed E-state index contributed by atoms with van der Waals surface area (Å²) >= 11 is 0. The molecule has 0 heterocycles. The molecule has 0 saturated carbocycles. The van der Waals surface area contributed by atoms with Gasteiger partial charge in [0, 0.05) is 0 Å². The van der Waals surface area contributed by atoms with Crippen LogP contribution in [-0.2, 0) is 4.79 Å². The number of carbonyl (C=O) groups is 1. The number of carboxylic acids is 1. The summed E-state index contributed by atoms with van der Waals surface area (Å²) in [6.45, 7) is -0.357. The largest absolute Gasteiger partial charge is 0.480 e. The molecule has 0 atom stereocenters. The third-order valence-electron chi connectivity index (χ3n) is 0.922. The Balaban J connectivity index is 3.73. The molecule has 7 nitrogen and oxygen atoms in total. The van der Waals surface area contributed by atoms with Gasteiger partial charge in [-0.15, -0.1) is 0 Å². The van der Waals surface area contributed by atoms with Crippen LogP contribution >= 0.6 is 0 Å². The Morgan fingerprint density at radius 2 is 2.27 bits per heavy atom. The van der Waals surface area contributed by atoms with Crippen molar-refractivity contribution in [1.29, 1.82) is 5.41 Å². The Morgan fingerprint density at radius 3 is 2.64 bits per heavy atom. The molecule has 0 aromatic heterocycles. The third kappa shape index (κ3) is 4.25. The summed E-state index contributed by atoms with van der Waals surface area (Å²) in [5, 5.41) is 16.1. The zero-order valence-electron chi connectivity index (χ0n) is 5.87. The smallest absolute Gasteiger partial charge is 0.324 e. The molecule has 0 amide bonds. The molecular formula is C4H11N5O2. The van der Waals surface area contributed by atoms with Crippen LogP contribution in [0, 0.1) is 5.41 Å². The lowest BCUT2D eigenvalue weighted by atomic mass is 10.5. The topological polar surface area (TPSA) is 128 Å². The van der Waals surface area contributed by atoms with Crippen LogP contribution in [0.5, 0.6) is 0 Å². The molecule has 0 fully saturated rings. The monoisotopic (exact) mass is 161 g/mol. The fraction of sp³-hybridized carbons (Fsp3) is 0.500. The molecule has 0 aromatic rings. The van der Waals surface area contributed by atoms with Crippen molar-refractivity contribution < 1.29 is 9.90 Å². The van der Waals surface area contributed by atoms with Gasteiger partial charge in [0.05, 0.1) is 6.54 Å². The minimum Gasteiger partial charge on any atom is -0.480 e. The standard InChI is InChI=1S/C4H11N5O2/c5-3(1-8-6)9(7)2-4(10)11/h5,8H,1-2,6-7H2,(H,10,11). The first-order valence-electron chi connectivity index (χ1n) is 2.83. The maximum absolute atomic E-state index is 10.0. The van der Waals surface area contributed by atoms with Gasteiger partial charge in [-0.1, -0.05) is 0 Å². The van der Waals surface area contributed by atoms with Crippen molar-refractivity contribution in [2.75, 3.05) is 13.1 Å². The highest BCUT2D eigenvalue weighted by Gasteiger charge is 2.07. The van der Waals surface area contributed by atoms with Crippen molar-refractivity contribution in [2.45, 2.75) is 0 Å². The summed E-state index contributed by atoms with van der Waals surface area (Å²) in [7, 11) is 0. The van der Waals surface area contributed by atoms with Gasteiger partial charge in [0.15, 0.2) is 0 Å². The van der Waals surface area contributed by atoms with E-state index in [1.807, 2.05) is 0 Å². The van der Waals surface area contributed by atoms with Crippen molar-refractivity contribution in [3.63, 3.8) is 0 Å². The second-order valence-corrected chi connectivity index (χ2v) is 1.85. The highest BCUT2D eigenvalue weighted by Crippen LogP contribution is 1.78. The minimum absolute atomic E-state index is 0.0454. The third-order valence-corrected chi connectivity index (χ3v) is 0.922. The van der Waals surface area contributed by atoms with E-state index >= 15 is 0 Å². The van der Waals surface area contributed by atoms with Gasteiger partial charge in [-0.2, -0.15) is 0 Å². The van der Waals surface area contributed by atoms with Crippen LogP contribution in [0.15, 0.2) is 0 Å². The van der Waals surface area contributed by atoms with Gasteiger partial charge in [0.2, 0.25) is 0 Å². The zero-order valence-corrected chi connectivity index (χ0v) is 5.87. The van der Waals surface area contributed by atoms with Crippen LogP contribution in [0.3, 0.4) is 0 Å². The predicted octanol–water partition coefficient (Wildman–Crippen LogP) is -2.31. The number of nitrogens with zero attached hydrogens (tertiary/aromatic N) is 1. The van der Waals surface area contributed by atoms with Crippen LogP contribution in [-0.4, -0.2) is 35.0 Å².